The number of carboxylic acids is 1. The van der Waals surface area contributed by atoms with Gasteiger partial charge >= 0.3 is 5.97 Å². The molecule has 4 nitrogen and oxygen atoms in total. The molecule has 1 aromatic rings. The number of aliphatic carboxylic acids is 1. The molecule has 0 atom stereocenters. The quantitative estimate of drug-likeness (QED) is 0.696. The van der Waals surface area contributed by atoms with Gasteiger partial charge in [0.1, 0.15) is 5.75 Å². The minimum atomic E-state index is -0.821. The molecular formula is C13H18O4S. The standard InChI is InChI=1S/C13H18O4S/c1-16-6-8-18-9-7-17-12-4-2-11(3-5-12)10-13(14)15/h2-5H,6-10H2,1H3,(H,14,15). The van der Waals surface area contributed by atoms with Crippen LogP contribution in [0, 0.1) is 0 Å². The number of hydrogen-bond acceptors (Lipinski definition) is 4. The van der Waals surface area contributed by atoms with E-state index in [0.29, 0.717) is 6.61 Å². The summed E-state index contributed by atoms with van der Waals surface area (Å²) in [5.74, 6) is 1.84. The first-order chi connectivity index (χ1) is 8.72. The first-order valence-electron chi connectivity index (χ1n) is 5.72. The predicted octanol–water partition coefficient (Wildman–Crippen LogP) is 2.07. The van der Waals surface area contributed by atoms with Crippen LogP contribution in [0.2, 0.25) is 0 Å². The van der Waals surface area contributed by atoms with Crippen molar-refractivity contribution in [3.05, 3.63) is 29.8 Å². The summed E-state index contributed by atoms with van der Waals surface area (Å²) < 4.78 is 10.5. The van der Waals surface area contributed by atoms with Crippen LogP contribution < -0.4 is 4.74 Å². The van der Waals surface area contributed by atoms with E-state index in [2.05, 4.69) is 0 Å². The Morgan fingerprint density at radius 1 is 1.22 bits per heavy atom. The summed E-state index contributed by atoms with van der Waals surface area (Å²) >= 11 is 1.78. The van der Waals surface area contributed by atoms with Gasteiger partial charge in [-0.15, -0.1) is 0 Å². The Hall–Kier alpha value is -1.20. The minimum absolute atomic E-state index is 0.0488. The molecule has 0 radical (unpaired) electrons. The van der Waals surface area contributed by atoms with Gasteiger partial charge in [0.15, 0.2) is 0 Å². The van der Waals surface area contributed by atoms with Crippen LogP contribution in [0.3, 0.4) is 0 Å². The van der Waals surface area contributed by atoms with Crippen LogP contribution in [0.15, 0.2) is 24.3 Å². The van der Waals surface area contributed by atoms with Gasteiger partial charge in [-0.05, 0) is 17.7 Å². The number of hydrogen-bond donors (Lipinski definition) is 1. The maximum Gasteiger partial charge on any atom is 0.307 e. The molecule has 0 bridgehead atoms. The third-order valence-corrected chi connectivity index (χ3v) is 3.12. The zero-order valence-corrected chi connectivity index (χ0v) is 11.2. The van der Waals surface area contributed by atoms with E-state index in [1.54, 1.807) is 43.1 Å². The van der Waals surface area contributed by atoms with Crippen molar-refractivity contribution >= 4 is 17.7 Å². The van der Waals surface area contributed by atoms with Crippen molar-refractivity contribution in [3.8, 4) is 5.75 Å². The third kappa shape index (κ3) is 6.51. The molecule has 0 unspecified atom stereocenters. The summed E-state index contributed by atoms with van der Waals surface area (Å²) in [6, 6.07) is 7.17. The van der Waals surface area contributed by atoms with Gasteiger partial charge < -0.3 is 14.6 Å². The normalized spacial score (nSPS) is 10.3. The second kappa shape index (κ2) is 8.83. The predicted molar refractivity (Wildman–Crippen MR) is 72.5 cm³/mol. The lowest BCUT2D eigenvalue weighted by Crippen LogP contribution is -2.03. The van der Waals surface area contributed by atoms with Crippen molar-refractivity contribution in [3.63, 3.8) is 0 Å². The van der Waals surface area contributed by atoms with Crippen LogP contribution in [0.4, 0.5) is 0 Å². The Balaban J connectivity index is 2.20. The molecule has 1 N–H and O–H groups in total. The van der Waals surface area contributed by atoms with Crippen molar-refractivity contribution in [2.24, 2.45) is 0 Å². The lowest BCUT2D eigenvalue weighted by Gasteiger charge is -2.06. The monoisotopic (exact) mass is 270 g/mol. The number of ether oxygens (including phenoxy) is 2. The first-order valence-corrected chi connectivity index (χ1v) is 6.88. The highest BCUT2D eigenvalue weighted by atomic mass is 32.2. The second-order valence-electron chi connectivity index (χ2n) is 3.67. The van der Waals surface area contributed by atoms with E-state index < -0.39 is 5.97 Å². The highest BCUT2D eigenvalue weighted by molar-refractivity contribution is 7.99. The van der Waals surface area contributed by atoms with Crippen LogP contribution in [0.1, 0.15) is 5.56 Å². The number of methoxy groups -OCH3 is 1. The van der Waals surface area contributed by atoms with Crippen LogP contribution >= 0.6 is 11.8 Å². The average molecular weight is 270 g/mol. The maximum absolute atomic E-state index is 10.5. The molecule has 0 amide bonds. The van der Waals surface area contributed by atoms with Crippen LogP contribution in [0.5, 0.6) is 5.75 Å². The van der Waals surface area contributed by atoms with E-state index in [0.717, 1.165) is 29.4 Å². The SMILES string of the molecule is COCCSCCOc1ccc(CC(=O)O)cc1. The van der Waals surface area contributed by atoms with E-state index in [9.17, 15) is 4.79 Å². The molecule has 0 aliphatic heterocycles. The fourth-order valence-corrected chi connectivity index (χ4v) is 2.03. The lowest BCUT2D eigenvalue weighted by molar-refractivity contribution is -0.136. The maximum atomic E-state index is 10.5. The molecular weight excluding hydrogens is 252 g/mol. The van der Waals surface area contributed by atoms with Gasteiger partial charge in [-0.2, -0.15) is 11.8 Å². The van der Waals surface area contributed by atoms with Gasteiger partial charge in [0.05, 0.1) is 19.6 Å². The summed E-state index contributed by atoms with van der Waals surface area (Å²) in [6.07, 6.45) is 0.0488. The van der Waals surface area contributed by atoms with Crippen LogP contribution in [0.25, 0.3) is 0 Å². The Morgan fingerprint density at radius 2 is 1.89 bits per heavy atom. The Labute approximate surface area is 111 Å². The van der Waals surface area contributed by atoms with Gasteiger partial charge in [0.25, 0.3) is 0 Å². The Bertz CT molecular complexity index is 351. The number of thioether (sulfide) groups is 1. The molecule has 0 heterocycles. The van der Waals surface area contributed by atoms with Crippen LogP contribution in [-0.2, 0) is 16.0 Å². The third-order valence-electron chi connectivity index (χ3n) is 2.21. The van der Waals surface area contributed by atoms with Gasteiger partial charge in [0, 0.05) is 18.6 Å². The largest absolute Gasteiger partial charge is 0.493 e. The smallest absolute Gasteiger partial charge is 0.307 e. The highest BCUT2D eigenvalue weighted by Gasteiger charge is 2.00. The Morgan fingerprint density at radius 3 is 2.50 bits per heavy atom. The number of benzene rings is 1. The molecule has 0 spiro atoms. The topological polar surface area (TPSA) is 55.8 Å². The number of carboxylic acid groups (broad SMARTS) is 1. The van der Waals surface area contributed by atoms with E-state index in [-0.39, 0.29) is 6.42 Å². The van der Waals surface area contributed by atoms with E-state index in [1.807, 2.05) is 0 Å². The van der Waals surface area contributed by atoms with Crippen molar-refractivity contribution in [1.82, 2.24) is 0 Å². The molecule has 0 aliphatic rings. The zero-order valence-electron chi connectivity index (χ0n) is 10.4. The molecule has 0 aliphatic carbocycles. The van der Waals surface area contributed by atoms with Crippen molar-refractivity contribution in [1.29, 1.82) is 0 Å². The van der Waals surface area contributed by atoms with E-state index in [1.165, 1.54) is 0 Å². The zero-order chi connectivity index (χ0) is 13.2. The van der Waals surface area contributed by atoms with E-state index in [4.69, 9.17) is 14.6 Å². The second-order valence-corrected chi connectivity index (χ2v) is 4.89. The van der Waals surface area contributed by atoms with Crippen molar-refractivity contribution in [2.45, 2.75) is 6.42 Å². The van der Waals surface area contributed by atoms with Gasteiger partial charge in [0.2, 0.25) is 0 Å². The molecule has 1 aromatic carbocycles. The Kier molecular flexibility index (Phi) is 7.29. The molecule has 1 rings (SSSR count). The van der Waals surface area contributed by atoms with E-state index >= 15 is 0 Å². The van der Waals surface area contributed by atoms with Gasteiger partial charge in [-0.3, -0.25) is 4.79 Å². The molecule has 18 heavy (non-hydrogen) atoms. The molecule has 100 valence electrons. The summed E-state index contributed by atoms with van der Waals surface area (Å²) in [6.45, 7) is 1.40. The summed E-state index contributed by atoms with van der Waals surface area (Å²) in [7, 11) is 1.69. The fourth-order valence-electron chi connectivity index (χ4n) is 1.34. The summed E-state index contributed by atoms with van der Waals surface area (Å²) in [4.78, 5) is 10.5. The minimum Gasteiger partial charge on any atom is -0.493 e. The summed E-state index contributed by atoms with van der Waals surface area (Å²) in [5.41, 5.74) is 0.782. The molecule has 5 heteroatoms. The lowest BCUT2D eigenvalue weighted by atomic mass is 10.1. The summed E-state index contributed by atoms with van der Waals surface area (Å²) in [5, 5.41) is 8.64. The number of rotatable bonds is 9. The highest BCUT2D eigenvalue weighted by Crippen LogP contribution is 2.13. The van der Waals surface area contributed by atoms with Crippen LogP contribution in [-0.4, -0.2) is 42.9 Å². The number of carbonyl (C=O) groups is 1. The fraction of sp³-hybridized carbons (Fsp3) is 0.462. The first kappa shape index (κ1) is 14.9. The average Bonchev–Trinajstić information content (AvgIpc) is 2.35. The molecule has 0 fully saturated rings. The molecule has 0 saturated heterocycles. The molecule has 0 saturated carbocycles. The van der Waals surface area contributed by atoms with Gasteiger partial charge in [-0.25, -0.2) is 0 Å². The van der Waals surface area contributed by atoms with Crippen molar-refractivity contribution in [2.75, 3.05) is 31.8 Å². The van der Waals surface area contributed by atoms with Gasteiger partial charge in [-0.1, -0.05) is 12.1 Å². The van der Waals surface area contributed by atoms with Crippen molar-refractivity contribution < 1.29 is 19.4 Å². The molecule has 0 aromatic heterocycles.